The second-order valence-corrected chi connectivity index (χ2v) is 10.7. The molecule has 2 aliphatic heterocycles. The molecular weight excluding hydrogens is 462 g/mol. The molecule has 4 rings (SSSR count). The number of carbonyl (C=O) groups is 3. The zero-order chi connectivity index (χ0) is 25.7. The minimum Gasteiger partial charge on any atom is -0.376 e. The maximum Gasteiger partial charge on any atom is 0.276 e. The molecule has 1 aliphatic carbocycles. The van der Waals surface area contributed by atoms with E-state index in [1.165, 1.54) is 6.92 Å². The Morgan fingerprint density at radius 2 is 1.92 bits per heavy atom. The second-order valence-electron chi connectivity index (χ2n) is 10.7. The number of nitrogens with zero attached hydrogens (tertiary/aromatic N) is 3. The van der Waals surface area contributed by atoms with Gasteiger partial charge in [-0.05, 0) is 76.7 Å². The number of hydrogen-bond acceptors (Lipinski definition) is 7. The van der Waals surface area contributed by atoms with Crippen LogP contribution in [0.1, 0.15) is 74.5 Å². The van der Waals surface area contributed by atoms with Crippen molar-refractivity contribution in [1.82, 2.24) is 20.3 Å². The summed E-state index contributed by atoms with van der Waals surface area (Å²) in [6, 6.07) is 0.824. The maximum absolute atomic E-state index is 13.5. The number of aryl methyl sites for hydroxylation is 1. The second kappa shape index (κ2) is 12.2. The summed E-state index contributed by atoms with van der Waals surface area (Å²) in [5.74, 6) is 1.11. The number of hydrogen-bond donors (Lipinski definition) is 2. The molecule has 3 fully saturated rings. The van der Waals surface area contributed by atoms with E-state index in [2.05, 4.69) is 10.5 Å². The third-order valence-corrected chi connectivity index (χ3v) is 8.12. The molecule has 0 radical (unpaired) electrons. The molecule has 2 unspecified atom stereocenters. The molecule has 1 saturated carbocycles. The van der Waals surface area contributed by atoms with Gasteiger partial charge in [0.15, 0.2) is 5.69 Å². The van der Waals surface area contributed by atoms with Gasteiger partial charge < -0.3 is 30.1 Å². The van der Waals surface area contributed by atoms with Crippen LogP contribution >= 0.6 is 0 Å². The van der Waals surface area contributed by atoms with Gasteiger partial charge in [0.1, 0.15) is 11.8 Å². The van der Waals surface area contributed by atoms with Gasteiger partial charge in [-0.25, -0.2) is 0 Å². The molecule has 1 aromatic rings. The zero-order valence-electron chi connectivity index (χ0n) is 21.6. The lowest BCUT2D eigenvalue weighted by Crippen LogP contribution is -2.58. The average molecular weight is 504 g/mol. The smallest absolute Gasteiger partial charge is 0.276 e. The van der Waals surface area contributed by atoms with Crippen molar-refractivity contribution >= 4 is 17.7 Å². The summed E-state index contributed by atoms with van der Waals surface area (Å²) in [6.45, 7) is 6.15. The van der Waals surface area contributed by atoms with Crippen LogP contribution in [-0.2, 0) is 14.3 Å². The summed E-state index contributed by atoms with van der Waals surface area (Å²) in [4.78, 5) is 42.7. The standard InChI is InChI=1S/C26H41N5O5/c1-17-12-23(29-36-17)26(34)31(16-22-4-3-11-35-22)21-9-10-30(18(2)32)24(13-21)25(33)28-15-20-7-5-19(14-27)6-8-20/h12,19-22,24H,3-11,13-16,27H2,1-2H3,(H,28,33)/t19?,20?,21?,22?,24-/m1/s1. The van der Waals surface area contributed by atoms with E-state index in [1.54, 1.807) is 22.8 Å². The van der Waals surface area contributed by atoms with Crippen molar-refractivity contribution in [3.63, 3.8) is 0 Å². The summed E-state index contributed by atoms with van der Waals surface area (Å²) in [6.07, 6.45) is 7.14. The minimum atomic E-state index is -0.611. The van der Waals surface area contributed by atoms with Gasteiger partial charge in [0.05, 0.1) is 6.10 Å². The fourth-order valence-corrected chi connectivity index (χ4v) is 5.91. The lowest BCUT2D eigenvalue weighted by Gasteiger charge is -2.43. The Bertz CT molecular complexity index is 906. The van der Waals surface area contributed by atoms with Crippen molar-refractivity contribution < 1.29 is 23.6 Å². The van der Waals surface area contributed by atoms with Crippen LogP contribution in [0.5, 0.6) is 0 Å². The van der Waals surface area contributed by atoms with E-state index < -0.39 is 6.04 Å². The van der Waals surface area contributed by atoms with Gasteiger partial charge >= 0.3 is 0 Å². The van der Waals surface area contributed by atoms with Crippen molar-refractivity contribution in [3.05, 3.63) is 17.5 Å². The van der Waals surface area contributed by atoms with E-state index in [0.29, 0.717) is 56.7 Å². The van der Waals surface area contributed by atoms with Crippen LogP contribution in [0.3, 0.4) is 0 Å². The number of piperidine rings is 1. The first kappa shape index (κ1) is 26.6. The molecule has 10 nitrogen and oxygen atoms in total. The fourth-order valence-electron chi connectivity index (χ4n) is 5.91. The Morgan fingerprint density at radius 1 is 1.17 bits per heavy atom. The predicted molar refractivity (Wildman–Crippen MR) is 133 cm³/mol. The highest BCUT2D eigenvalue weighted by Gasteiger charge is 2.40. The van der Waals surface area contributed by atoms with Gasteiger partial charge in [0.25, 0.3) is 5.91 Å². The SMILES string of the molecule is CC(=O)N1CCC(N(CC2CCCO2)C(=O)c2cc(C)on2)C[C@@H]1C(=O)NCC1CCC(CN)CC1. The van der Waals surface area contributed by atoms with Crippen molar-refractivity contribution in [2.75, 3.05) is 32.8 Å². The summed E-state index contributed by atoms with van der Waals surface area (Å²) in [5, 5.41) is 7.05. The highest BCUT2D eigenvalue weighted by Crippen LogP contribution is 2.29. The molecule has 3 aliphatic rings. The molecular formula is C26H41N5O5. The van der Waals surface area contributed by atoms with Crippen LogP contribution in [-0.4, -0.2) is 83.7 Å². The average Bonchev–Trinajstić information content (AvgIpc) is 3.57. The quantitative estimate of drug-likeness (QED) is 0.554. The number of carbonyl (C=O) groups excluding carboxylic acids is 3. The van der Waals surface area contributed by atoms with Crippen molar-refractivity contribution in [3.8, 4) is 0 Å². The summed E-state index contributed by atoms with van der Waals surface area (Å²) in [7, 11) is 0. The molecule has 2 saturated heterocycles. The number of nitrogens with two attached hydrogens (primary N) is 1. The third-order valence-electron chi connectivity index (χ3n) is 8.12. The number of nitrogens with one attached hydrogen (secondary N) is 1. The predicted octanol–water partition coefficient (Wildman–Crippen LogP) is 1.87. The Hall–Kier alpha value is -2.46. The van der Waals surface area contributed by atoms with Crippen LogP contribution in [0.25, 0.3) is 0 Å². The molecule has 3 atom stereocenters. The lowest BCUT2D eigenvalue weighted by molar-refractivity contribution is -0.142. The summed E-state index contributed by atoms with van der Waals surface area (Å²) >= 11 is 0. The summed E-state index contributed by atoms with van der Waals surface area (Å²) in [5.41, 5.74) is 6.07. The van der Waals surface area contributed by atoms with Crippen molar-refractivity contribution in [2.45, 2.75) is 83.4 Å². The Labute approximate surface area is 213 Å². The molecule has 0 spiro atoms. The first-order chi connectivity index (χ1) is 17.4. The molecule has 1 aromatic heterocycles. The maximum atomic E-state index is 13.5. The Kier molecular flexibility index (Phi) is 9.00. The van der Waals surface area contributed by atoms with E-state index in [4.69, 9.17) is 15.0 Å². The van der Waals surface area contributed by atoms with Crippen molar-refractivity contribution in [2.24, 2.45) is 17.6 Å². The molecule has 3 amide bonds. The highest BCUT2D eigenvalue weighted by atomic mass is 16.5. The molecule has 3 N–H and O–H groups in total. The van der Waals surface area contributed by atoms with Crippen LogP contribution in [0.15, 0.2) is 10.6 Å². The lowest BCUT2D eigenvalue weighted by atomic mass is 9.82. The van der Waals surface area contributed by atoms with Gasteiger partial charge in [0, 0.05) is 45.3 Å². The monoisotopic (exact) mass is 503 g/mol. The molecule has 3 heterocycles. The topological polar surface area (TPSA) is 131 Å². The van der Waals surface area contributed by atoms with Gasteiger partial charge in [-0.2, -0.15) is 0 Å². The van der Waals surface area contributed by atoms with E-state index in [-0.39, 0.29) is 35.6 Å². The zero-order valence-corrected chi connectivity index (χ0v) is 21.6. The molecule has 200 valence electrons. The normalized spacial score (nSPS) is 28.6. The third kappa shape index (κ3) is 6.45. The molecule has 10 heteroatoms. The van der Waals surface area contributed by atoms with E-state index in [9.17, 15) is 14.4 Å². The van der Waals surface area contributed by atoms with Crippen LogP contribution < -0.4 is 11.1 Å². The highest BCUT2D eigenvalue weighted by molar-refractivity contribution is 5.93. The van der Waals surface area contributed by atoms with Gasteiger partial charge in [-0.15, -0.1) is 0 Å². The molecule has 0 bridgehead atoms. The van der Waals surface area contributed by atoms with E-state index >= 15 is 0 Å². The van der Waals surface area contributed by atoms with E-state index in [0.717, 1.165) is 45.1 Å². The van der Waals surface area contributed by atoms with Gasteiger partial charge in [-0.1, -0.05) is 5.16 Å². The fraction of sp³-hybridized carbons (Fsp3) is 0.769. The van der Waals surface area contributed by atoms with Crippen LogP contribution in [0, 0.1) is 18.8 Å². The number of aromatic nitrogens is 1. The largest absolute Gasteiger partial charge is 0.376 e. The number of ether oxygens (including phenoxy) is 1. The van der Waals surface area contributed by atoms with E-state index in [1.807, 2.05) is 0 Å². The number of rotatable bonds is 8. The first-order valence-corrected chi connectivity index (χ1v) is 13.5. The van der Waals surface area contributed by atoms with Crippen molar-refractivity contribution in [1.29, 1.82) is 0 Å². The summed E-state index contributed by atoms with van der Waals surface area (Å²) < 4.78 is 11.0. The Balaban J connectivity index is 1.44. The molecule has 36 heavy (non-hydrogen) atoms. The minimum absolute atomic E-state index is 0.0382. The van der Waals surface area contributed by atoms with Crippen LogP contribution in [0.2, 0.25) is 0 Å². The van der Waals surface area contributed by atoms with Gasteiger partial charge in [0.2, 0.25) is 11.8 Å². The van der Waals surface area contributed by atoms with Gasteiger partial charge in [-0.3, -0.25) is 14.4 Å². The number of likely N-dealkylation sites (tertiary alicyclic amines) is 1. The number of amides is 3. The first-order valence-electron chi connectivity index (χ1n) is 13.5. The Morgan fingerprint density at radius 3 is 2.53 bits per heavy atom. The molecule has 0 aromatic carbocycles. The van der Waals surface area contributed by atoms with Crippen LogP contribution in [0.4, 0.5) is 0 Å².